The van der Waals surface area contributed by atoms with Crippen LogP contribution in [0.5, 0.6) is 0 Å². The molecule has 4 heteroatoms. The van der Waals surface area contributed by atoms with E-state index in [9.17, 15) is 0 Å². The number of quaternary nitrogens is 1. The third-order valence-corrected chi connectivity index (χ3v) is 5.62. The summed E-state index contributed by atoms with van der Waals surface area (Å²) in [5, 5.41) is 3.64. The number of anilines is 2. The van der Waals surface area contributed by atoms with Gasteiger partial charge in [0, 0.05) is 28.2 Å². The normalized spacial score (nSPS) is 12.1. The standard InChI is InChI=1S/C21H29N4/c1-4-25(3,5-2)12-6-11-24-15-16-13-17(22)7-9-19(16)20-10-8-18(23)14-21(20)24/h7-10,13-15,23H,4-6,11-12,22H2,1-3H3/q+1/p+1. The molecule has 0 aliphatic heterocycles. The van der Waals surface area contributed by atoms with Crippen molar-refractivity contribution in [1.82, 2.24) is 0 Å². The Morgan fingerprint density at radius 3 is 2.24 bits per heavy atom. The Morgan fingerprint density at radius 1 is 0.920 bits per heavy atom. The van der Waals surface area contributed by atoms with Gasteiger partial charge < -0.3 is 16.0 Å². The van der Waals surface area contributed by atoms with Crippen LogP contribution in [0.15, 0.2) is 42.6 Å². The van der Waals surface area contributed by atoms with E-state index in [1.807, 2.05) is 12.1 Å². The van der Waals surface area contributed by atoms with E-state index in [-0.39, 0.29) is 0 Å². The van der Waals surface area contributed by atoms with E-state index in [4.69, 9.17) is 11.5 Å². The van der Waals surface area contributed by atoms with E-state index in [1.54, 1.807) is 0 Å². The quantitative estimate of drug-likeness (QED) is 0.313. The summed E-state index contributed by atoms with van der Waals surface area (Å²) in [5.74, 6) is 0. The van der Waals surface area contributed by atoms with Gasteiger partial charge in [-0.05, 0) is 38.1 Å². The van der Waals surface area contributed by atoms with Gasteiger partial charge in [-0.1, -0.05) is 6.07 Å². The van der Waals surface area contributed by atoms with E-state index in [0.29, 0.717) is 0 Å². The van der Waals surface area contributed by atoms with Gasteiger partial charge in [-0.3, -0.25) is 0 Å². The van der Waals surface area contributed by atoms with Crippen LogP contribution in [0, 0.1) is 0 Å². The topological polar surface area (TPSA) is 55.9 Å². The molecule has 0 spiro atoms. The van der Waals surface area contributed by atoms with Crippen LogP contribution in [0.2, 0.25) is 0 Å². The lowest BCUT2D eigenvalue weighted by Gasteiger charge is -2.31. The number of rotatable bonds is 6. The first kappa shape index (κ1) is 17.5. The fourth-order valence-corrected chi connectivity index (χ4v) is 3.53. The van der Waals surface area contributed by atoms with Crippen molar-refractivity contribution in [3.63, 3.8) is 0 Å². The van der Waals surface area contributed by atoms with Crippen molar-refractivity contribution in [2.45, 2.75) is 26.8 Å². The van der Waals surface area contributed by atoms with Gasteiger partial charge in [0.2, 0.25) is 5.52 Å². The molecule has 0 saturated carbocycles. The molecule has 1 aromatic heterocycles. The molecule has 0 bridgehead atoms. The third-order valence-electron chi connectivity index (χ3n) is 5.62. The first-order valence-corrected chi connectivity index (χ1v) is 9.20. The minimum absolute atomic E-state index is 0.801. The Morgan fingerprint density at radius 2 is 1.56 bits per heavy atom. The number of benzene rings is 2. The zero-order valence-electron chi connectivity index (χ0n) is 15.6. The molecule has 4 nitrogen and oxygen atoms in total. The first-order chi connectivity index (χ1) is 12.0. The minimum Gasteiger partial charge on any atom is -0.399 e. The second-order valence-electron chi connectivity index (χ2n) is 7.27. The van der Waals surface area contributed by atoms with Gasteiger partial charge in [-0.15, -0.1) is 0 Å². The van der Waals surface area contributed by atoms with Gasteiger partial charge >= 0.3 is 0 Å². The molecule has 1 heterocycles. The zero-order chi connectivity index (χ0) is 18.0. The molecular weight excluding hydrogens is 308 g/mol. The Bertz CT molecular complexity index is 897. The number of hydrogen-bond acceptors (Lipinski definition) is 2. The maximum absolute atomic E-state index is 6.07. The summed E-state index contributed by atoms with van der Waals surface area (Å²) in [7, 11) is 2.34. The highest BCUT2D eigenvalue weighted by Crippen LogP contribution is 2.25. The molecule has 3 aromatic rings. The Balaban J connectivity index is 2.01. The summed E-state index contributed by atoms with van der Waals surface area (Å²) in [6.07, 6.45) is 3.36. The fraction of sp³-hybridized carbons (Fsp3) is 0.381. The molecular formula is C21H30N4+2. The summed E-state index contributed by atoms with van der Waals surface area (Å²) in [4.78, 5) is 0. The minimum atomic E-state index is 0.801. The fourth-order valence-electron chi connectivity index (χ4n) is 3.53. The number of aryl methyl sites for hydroxylation is 1. The van der Waals surface area contributed by atoms with Gasteiger partial charge in [0.05, 0.1) is 38.5 Å². The second-order valence-corrected chi connectivity index (χ2v) is 7.27. The van der Waals surface area contributed by atoms with Crippen LogP contribution in [0.1, 0.15) is 20.3 Å². The Labute approximate surface area is 150 Å². The van der Waals surface area contributed by atoms with Crippen LogP contribution in [0.4, 0.5) is 11.4 Å². The molecule has 0 atom stereocenters. The van der Waals surface area contributed by atoms with Gasteiger partial charge in [-0.2, -0.15) is 4.57 Å². The van der Waals surface area contributed by atoms with Crippen molar-refractivity contribution in [2.75, 3.05) is 38.1 Å². The lowest BCUT2D eigenvalue weighted by molar-refractivity contribution is -0.908. The van der Waals surface area contributed by atoms with E-state index >= 15 is 0 Å². The number of nitrogen functional groups attached to an aromatic ring is 2. The summed E-state index contributed by atoms with van der Waals surface area (Å²) in [6, 6.07) is 12.3. The molecule has 0 saturated heterocycles. The first-order valence-electron chi connectivity index (χ1n) is 9.20. The molecule has 0 fully saturated rings. The molecule has 0 amide bonds. The van der Waals surface area contributed by atoms with E-state index in [2.05, 4.69) is 55.9 Å². The molecule has 0 aliphatic carbocycles. The average Bonchev–Trinajstić information content (AvgIpc) is 2.61. The van der Waals surface area contributed by atoms with Gasteiger partial charge in [0.15, 0.2) is 12.7 Å². The average molecular weight is 338 g/mol. The molecule has 3 rings (SSSR count). The summed E-state index contributed by atoms with van der Waals surface area (Å²) in [5.41, 5.74) is 14.9. The van der Waals surface area contributed by atoms with Crippen LogP contribution in [0.3, 0.4) is 0 Å². The highest BCUT2D eigenvalue weighted by Gasteiger charge is 2.19. The molecule has 4 N–H and O–H groups in total. The van der Waals surface area contributed by atoms with Crippen molar-refractivity contribution in [2.24, 2.45) is 0 Å². The van der Waals surface area contributed by atoms with Crippen molar-refractivity contribution in [3.8, 4) is 0 Å². The smallest absolute Gasteiger partial charge is 0.215 e. The maximum atomic E-state index is 6.07. The molecule has 2 aromatic carbocycles. The largest absolute Gasteiger partial charge is 0.399 e. The van der Waals surface area contributed by atoms with Gasteiger partial charge in [-0.25, -0.2) is 0 Å². The van der Waals surface area contributed by atoms with Crippen molar-refractivity contribution in [3.05, 3.63) is 42.6 Å². The number of nitrogens with two attached hydrogens (primary N) is 2. The van der Waals surface area contributed by atoms with Gasteiger partial charge in [0.25, 0.3) is 0 Å². The van der Waals surface area contributed by atoms with Crippen LogP contribution in [0.25, 0.3) is 21.7 Å². The number of aromatic nitrogens is 1. The summed E-state index contributed by atoms with van der Waals surface area (Å²) < 4.78 is 3.45. The van der Waals surface area contributed by atoms with Crippen LogP contribution in [-0.4, -0.2) is 31.2 Å². The monoisotopic (exact) mass is 338 g/mol. The number of pyridine rings is 1. The summed E-state index contributed by atoms with van der Waals surface area (Å²) >= 11 is 0. The molecule has 0 unspecified atom stereocenters. The van der Waals surface area contributed by atoms with Crippen molar-refractivity contribution < 1.29 is 9.05 Å². The highest BCUT2D eigenvalue weighted by atomic mass is 15.3. The van der Waals surface area contributed by atoms with E-state index in [1.165, 1.54) is 41.3 Å². The van der Waals surface area contributed by atoms with E-state index < -0.39 is 0 Å². The summed E-state index contributed by atoms with van der Waals surface area (Å²) in [6.45, 7) is 9.04. The molecule has 25 heavy (non-hydrogen) atoms. The van der Waals surface area contributed by atoms with Crippen molar-refractivity contribution in [1.29, 1.82) is 0 Å². The van der Waals surface area contributed by atoms with Crippen molar-refractivity contribution >= 4 is 33.1 Å². The third kappa shape index (κ3) is 3.54. The van der Waals surface area contributed by atoms with Crippen LogP contribution >= 0.6 is 0 Å². The SMILES string of the molecule is CC[N+](C)(CC)CCC[n+]1cc2cc(N)ccc2c2ccc(N)cc21. The Hall–Kier alpha value is -2.33. The molecule has 0 aliphatic rings. The number of nitrogens with zero attached hydrogens (tertiary/aromatic N) is 2. The Kier molecular flexibility index (Phi) is 4.82. The van der Waals surface area contributed by atoms with Crippen LogP contribution in [-0.2, 0) is 6.54 Å². The zero-order valence-corrected chi connectivity index (χ0v) is 15.6. The highest BCUT2D eigenvalue weighted by molar-refractivity contribution is 6.05. The predicted molar refractivity (Wildman–Crippen MR) is 107 cm³/mol. The van der Waals surface area contributed by atoms with Crippen LogP contribution < -0.4 is 16.0 Å². The number of hydrogen-bond donors (Lipinski definition) is 2. The predicted octanol–water partition coefficient (Wildman–Crippen LogP) is 3.32. The van der Waals surface area contributed by atoms with Gasteiger partial charge in [0.1, 0.15) is 0 Å². The second kappa shape index (κ2) is 6.89. The van der Waals surface area contributed by atoms with E-state index in [0.717, 1.165) is 28.8 Å². The molecule has 0 radical (unpaired) electrons. The lowest BCUT2D eigenvalue weighted by Crippen LogP contribution is -2.46. The number of fused-ring (bicyclic) bond motifs is 3. The molecule has 132 valence electrons. The lowest BCUT2D eigenvalue weighted by atomic mass is 10.0. The maximum Gasteiger partial charge on any atom is 0.215 e.